The molecule has 1 aromatic heterocycles. The molecule has 0 aliphatic rings. The SMILES string of the molecule is COc1ccc(OCc2cc3ccc(SC)cc3nc2Cl)c([N+](=O)[O-])c1. The average Bonchev–Trinajstić information content (AvgIpc) is 2.65. The fourth-order valence-corrected chi connectivity index (χ4v) is 3.07. The lowest BCUT2D eigenvalue weighted by Gasteiger charge is -2.10. The minimum absolute atomic E-state index is 0.0687. The summed E-state index contributed by atoms with van der Waals surface area (Å²) in [5.74, 6) is 0.531. The number of nitro benzene ring substituents is 1. The Labute approximate surface area is 159 Å². The van der Waals surface area contributed by atoms with Crippen molar-refractivity contribution >= 4 is 40.0 Å². The molecule has 134 valence electrons. The zero-order chi connectivity index (χ0) is 18.7. The number of pyridine rings is 1. The molecule has 0 aliphatic heterocycles. The van der Waals surface area contributed by atoms with Gasteiger partial charge in [0.25, 0.3) is 0 Å². The number of thioether (sulfide) groups is 1. The van der Waals surface area contributed by atoms with Crippen LogP contribution >= 0.6 is 23.4 Å². The molecule has 0 saturated carbocycles. The van der Waals surface area contributed by atoms with Crippen LogP contribution in [0.1, 0.15) is 5.56 Å². The van der Waals surface area contributed by atoms with Gasteiger partial charge in [-0.25, -0.2) is 4.98 Å². The van der Waals surface area contributed by atoms with Crippen molar-refractivity contribution < 1.29 is 14.4 Å². The zero-order valence-electron chi connectivity index (χ0n) is 14.1. The van der Waals surface area contributed by atoms with Gasteiger partial charge in [0.15, 0.2) is 5.75 Å². The predicted octanol–water partition coefficient (Wildman–Crippen LogP) is 5.11. The Hall–Kier alpha value is -2.51. The van der Waals surface area contributed by atoms with Gasteiger partial charge >= 0.3 is 5.69 Å². The van der Waals surface area contributed by atoms with E-state index in [2.05, 4.69) is 4.98 Å². The van der Waals surface area contributed by atoms with Crippen molar-refractivity contribution in [3.63, 3.8) is 0 Å². The molecule has 8 heteroatoms. The molecular weight excluding hydrogens is 376 g/mol. The number of rotatable bonds is 6. The number of halogens is 1. The number of hydrogen-bond acceptors (Lipinski definition) is 6. The van der Waals surface area contributed by atoms with Crippen LogP contribution in [0.4, 0.5) is 5.69 Å². The lowest BCUT2D eigenvalue weighted by Crippen LogP contribution is -2.01. The fourth-order valence-electron chi connectivity index (χ4n) is 2.44. The molecule has 2 aromatic carbocycles. The number of benzene rings is 2. The first-order valence-corrected chi connectivity index (χ1v) is 9.20. The van der Waals surface area contributed by atoms with Crippen molar-refractivity contribution in [2.75, 3.05) is 13.4 Å². The van der Waals surface area contributed by atoms with Crippen molar-refractivity contribution in [1.82, 2.24) is 4.98 Å². The lowest BCUT2D eigenvalue weighted by molar-refractivity contribution is -0.386. The molecule has 0 atom stereocenters. The highest BCUT2D eigenvalue weighted by Gasteiger charge is 2.17. The first kappa shape index (κ1) is 18.3. The van der Waals surface area contributed by atoms with E-state index in [1.807, 2.05) is 30.5 Å². The zero-order valence-corrected chi connectivity index (χ0v) is 15.6. The summed E-state index contributed by atoms with van der Waals surface area (Å²) in [6.45, 7) is 0.0687. The van der Waals surface area contributed by atoms with Crippen molar-refractivity contribution in [3.05, 3.63) is 63.3 Å². The first-order chi connectivity index (χ1) is 12.5. The van der Waals surface area contributed by atoms with E-state index >= 15 is 0 Å². The first-order valence-electron chi connectivity index (χ1n) is 7.60. The standard InChI is InChI=1S/C18H15ClN2O4S/c1-24-13-4-6-17(16(8-13)21(22)23)25-10-12-7-11-3-5-14(26-2)9-15(11)20-18(12)19/h3-9H,10H2,1-2H3. The highest BCUT2D eigenvalue weighted by molar-refractivity contribution is 7.98. The van der Waals surface area contributed by atoms with Crippen LogP contribution in [0.15, 0.2) is 47.4 Å². The molecule has 6 nitrogen and oxygen atoms in total. The molecule has 0 unspecified atom stereocenters. The summed E-state index contributed by atoms with van der Waals surface area (Å²) < 4.78 is 10.6. The second-order valence-electron chi connectivity index (χ2n) is 5.38. The molecule has 1 heterocycles. The number of nitrogens with zero attached hydrogens (tertiary/aromatic N) is 2. The molecular formula is C18H15ClN2O4S. The molecule has 0 bridgehead atoms. The maximum Gasteiger partial charge on any atom is 0.314 e. The quantitative estimate of drug-likeness (QED) is 0.252. The van der Waals surface area contributed by atoms with E-state index in [4.69, 9.17) is 21.1 Å². The van der Waals surface area contributed by atoms with Gasteiger partial charge in [0.05, 0.1) is 23.6 Å². The molecule has 26 heavy (non-hydrogen) atoms. The molecule has 3 aromatic rings. The van der Waals surface area contributed by atoms with Gasteiger partial charge in [0, 0.05) is 15.8 Å². The summed E-state index contributed by atoms with van der Waals surface area (Å²) in [5, 5.41) is 12.5. The number of aromatic nitrogens is 1. The Bertz CT molecular complexity index is 981. The minimum Gasteiger partial charge on any atom is -0.496 e. The van der Waals surface area contributed by atoms with Crippen molar-refractivity contribution in [2.45, 2.75) is 11.5 Å². The fraction of sp³-hybridized carbons (Fsp3) is 0.167. The summed E-state index contributed by atoms with van der Waals surface area (Å²) in [6.07, 6.45) is 1.99. The van der Waals surface area contributed by atoms with E-state index in [-0.39, 0.29) is 18.0 Å². The summed E-state index contributed by atoms with van der Waals surface area (Å²) in [4.78, 5) is 16.2. The third kappa shape index (κ3) is 3.84. The summed E-state index contributed by atoms with van der Waals surface area (Å²) >= 11 is 7.89. The molecule has 0 spiro atoms. The van der Waals surface area contributed by atoms with Crippen LogP contribution in [0.3, 0.4) is 0 Å². The predicted molar refractivity (Wildman–Crippen MR) is 103 cm³/mol. The van der Waals surface area contributed by atoms with Gasteiger partial charge in [-0.05, 0) is 36.6 Å². The van der Waals surface area contributed by atoms with Crippen LogP contribution in [0, 0.1) is 10.1 Å². The topological polar surface area (TPSA) is 74.5 Å². The van der Waals surface area contributed by atoms with E-state index in [9.17, 15) is 10.1 Å². The highest BCUT2D eigenvalue weighted by Crippen LogP contribution is 2.32. The van der Waals surface area contributed by atoms with Crippen LogP contribution in [-0.4, -0.2) is 23.3 Å². The van der Waals surface area contributed by atoms with E-state index in [0.717, 1.165) is 15.8 Å². The molecule has 0 aliphatic carbocycles. The lowest BCUT2D eigenvalue weighted by atomic mass is 10.1. The molecule has 0 N–H and O–H groups in total. The van der Waals surface area contributed by atoms with E-state index in [1.54, 1.807) is 17.8 Å². The number of nitro groups is 1. The largest absolute Gasteiger partial charge is 0.496 e. The van der Waals surface area contributed by atoms with Gasteiger partial charge in [-0.15, -0.1) is 11.8 Å². The van der Waals surface area contributed by atoms with Crippen LogP contribution in [0.5, 0.6) is 11.5 Å². The molecule has 0 radical (unpaired) electrons. The van der Waals surface area contributed by atoms with Gasteiger partial charge < -0.3 is 9.47 Å². The summed E-state index contributed by atoms with van der Waals surface area (Å²) in [6, 6.07) is 12.2. The van der Waals surface area contributed by atoms with Crippen LogP contribution in [0.25, 0.3) is 10.9 Å². The average molecular weight is 391 g/mol. The Balaban J connectivity index is 1.88. The molecule has 0 fully saturated rings. The van der Waals surface area contributed by atoms with Crippen LogP contribution in [-0.2, 0) is 6.61 Å². The second-order valence-corrected chi connectivity index (χ2v) is 6.61. The van der Waals surface area contributed by atoms with E-state index in [1.165, 1.54) is 19.2 Å². The third-order valence-corrected chi connectivity index (χ3v) is 4.85. The number of methoxy groups -OCH3 is 1. The van der Waals surface area contributed by atoms with Gasteiger partial charge in [0.1, 0.15) is 17.5 Å². The monoisotopic (exact) mass is 390 g/mol. The Kier molecular flexibility index (Phi) is 5.49. The van der Waals surface area contributed by atoms with Crippen LogP contribution in [0.2, 0.25) is 5.15 Å². The molecule has 0 amide bonds. The maximum absolute atomic E-state index is 11.2. The third-order valence-electron chi connectivity index (χ3n) is 3.80. The van der Waals surface area contributed by atoms with Crippen molar-refractivity contribution in [3.8, 4) is 11.5 Å². The number of ether oxygens (including phenoxy) is 2. The van der Waals surface area contributed by atoms with E-state index in [0.29, 0.717) is 16.5 Å². The summed E-state index contributed by atoms with van der Waals surface area (Å²) in [5.41, 5.74) is 1.28. The second kappa shape index (κ2) is 7.80. The van der Waals surface area contributed by atoms with Gasteiger partial charge in [-0.1, -0.05) is 17.7 Å². The number of fused-ring (bicyclic) bond motifs is 1. The Morgan fingerprint density at radius 3 is 2.73 bits per heavy atom. The van der Waals surface area contributed by atoms with Gasteiger partial charge in [0.2, 0.25) is 0 Å². The van der Waals surface area contributed by atoms with Gasteiger partial charge in [-0.3, -0.25) is 10.1 Å². The van der Waals surface area contributed by atoms with E-state index < -0.39 is 4.92 Å². The Morgan fingerprint density at radius 1 is 1.23 bits per heavy atom. The highest BCUT2D eigenvalue weighted by atomic mass is 35.5. The Morgan fingerprint density at radius 2 is 2.04 bits per heavy atom. The minimum atomic E-state index is -0.512. The molecule has 3 rings (SSSR count). The smallest absolute Gasteiger partial charge is 0.314 e. The maximum atomic E-state index is 11.2. The van der Waals surface area contributed by atoms with Crippen molar-refractivity contribution in [2.24, 2.45) is 0 Å². The number of hydrogen-bond donors (Lipinski definition) is 0. The van der Waals surface area contributed by atoms with Gasteiger partial charge in [-0.2, -0.15) is 0 Å². The van der Waals surface area contributed by atoms with Crippen molar-refractivity contribution in [1.29, 1.82) is 0 Å². The molecule has 0 saturated heterocycles. The summed E-state index contributed by atoms with van der Waals surface area (Å²) in [7, 11) is 1.45. The normalized spacial score (nSPS) is 10.7. The van der Waals surface area contributed by atoms with Crippen LogP contribution < -0.4 is 9.47 Å².